The summed E-state index contributed by atoms with van der Waals surface area (Å²) in [7, 11) is -4.14. The van der Waals surface area contributed by atoms with Crippen LogP contribution in [0, 0.1) is 0 Å². The summed E-state index contributed by atoms with van der Waals surface area (Å²) in [6.45, 7) is 0.433. The fraction of sp³-hybridized carbons (Fsp3) is 0.538. The number of anilines is 2. The molecule has 8 nitrogen and oxygen atoms in total. The van der Waals surface area contributed by atoms with Crippen molar-refractivity contribution in [3.63, 3.8) is 0 Å². The van der Waals surface area contributed by atoms with E-state index in [-0.39, 0.29) is 23.8 Å². The zero-order chi connectivity index (χ0) is 17.1. The van der Waals surface area contributed by atoms with Crippen LogP contribution in [-0.2, 0) is 24.8 Å². The lowest BCUT2D eigenvalue weighted by Gasteiger charge is -2.19. The summed E-state index contributed by atoms with van der Waals surface area (Å²) in [5.41, 5.74) is 0.607. The highest BCUT2D eigenvalue weighted by Gasteiger charge is 2.29. The van der Waals surface area contributed by atoms with E-state index in [1.54, 1.807) is 6.07 Å². The van der Waals surface area contributed by atoms with Crippen molar-refractivity contribution in [2.24, 2.45) is 0 Å². The second-order valence-electron chi connectivity index (χ2n) is 5.04. The molecular weight excluding hydrogens is 344 g/mol. The molecule has 0 aromatic heterocycles. The lowest BCUT2D eigenvalue weighted by Crippen LogP contribution is -2.25. The number of nitrogens with one attached hydrogen (secondary N) is 1. The number of nitrogens with zero attached hydrogens (tertiary/aromatic N) is 1. The first-order valence-electron chi connectivity index (χ1n) is 6.97. The van der Waals surface area contributed by atoms with Crippen molar-refractivity contribution in [3.05, 3.63) is 18.2 Å². The third-order valence-electron chi connectivity index (χ3n) is 3.39. The summed E-state index contributed by atoms with van der Waals surface area (Å²) in [5.74, 6) is 0.193. The first-order valence-corrected chi connectivity index (χ1v) is 10.2. The second-order valence-corrected chi connectivity index (χ2v) is 8.89. The summed E-state index contributed by atoms with van der Waals surface area (Å²) < 4.78 is 61.6. The number of rotatable bonds is 7. The maximum absolute atomic E-state index is 12.0. The Balaban J connectivity index is 2.33. The minimum absolute atomic E-state index is 0.0534. The largest absolute Gasteiger partial charge is 0.495 e. The van der Waals surface area contributed by atoms with Crippen LogP contribution < -0.4 is 13.8 Å². The average molecular weight is 364 g/mol. The topological polar surface area (TPSA) is 102 Å². The normalized spacial score (nSPS) is 17.2. The molecule has 0 aliphatic carbocycles. The molecule has 1 aliphatic heterocycles. The first kappa shape index (κ1) is 17.8. The predicted molar refractivity (Wildman–Crippen MR) is 88.0 cm³/mol. The highest BCUT2D eigenvalue weighted by atomic mass is 32.2. The highest BCUT2D eigenvalue weighted by molar-refractivity contribution is 7.93. The Hall–Kier alpha value is -1.52. The number of hydrogen-bond acceptors (Lipinski definition) is 6. The quantitative estimate of drug-likeness (QED) is 0.761. The van der Waals surface area contributed by atoms with Crippen molar-refractivity contribution in [2.75, 3.05) is 47.9 Å². The summed E-state index contributed by atoms with van der Waals surface area (Å²) in [4.78, 5) is 0. The molecule has 1 saturated heterocycles. The van der Waals surface area contributed by atoms with Crippen LogP contribution in [0.15, 0.2) is 18.2 Å². The standard InChI is InChI=1S/C13H20N2O6S2/c1-20-7-9-22(16,17)14-12-10-11(4-5-13(12)21-2)15-6-3-8-23(15,18)19/h4-5,10,14H,3,6-9H2,1-2H3. The maximum atomic E-state index is 12.0. The summed E-state index contributed by atoms with van der Waals surface area (Å²) in [5, 5.41) is 0. The third-order valence-corrected chi connectivity index (χ3v) is 6.50. The van der Waals surface area contributed by atoms with Crippen molar-refractivity contribution >= 4 is 31.4 Å². The van der Waals surface area contributed by atoms with E-state index in [0.29, 0.717) is 24.4 Å². The molecule has 1 aromatic carbocycles. The van der Waals surface area contributed by atoms with Crippen molar-refractivity contribution in [3.8, 4) is 5.75 Å². The number of methoxy groups -OCH3 is 2. The van der Waals surface area contributed by atoms with E-state index in [4.69, 9.17) is 9.47 Å². The number of ether oxygens (including phenoxy) is 2. The van der Waals surface area contributed by atoms with Crippen LogP contribution in [-0.4, -0.2) is 55.7 Å². The van der Waals surface area contributed by atoms with Gasteiger partial charge in [-0.2, -0.15) is 0 Å². The van der Waals surface area contributed by atoms with Gasteiger partial charge in [0, 0.05) is 13.7 Å². The molecule has 0 radical (unpaired) electrons. The number of benzene rings is 1. The van der Waals surface area contributed by atoms with Crippen molar-refractivity contribution in [2.45, 2.75) is 6.42 Å². The summed E-state index contributed by atoms with van der Waals surface area (Å²) >= 11 is 0. The molecule has 0 unspecified atom stereocenters. The van der Waals surface area contributed by atoms with Crippen LogP contribution in [0.25, 0.3) is 0 Å². The molecule has 1 aliphatic rings. The van der Waals surface area contributed by atoms with E-state index in [1.165, 1.54) is 30.7 Å². The van der Waals surface area contributed by atoms with E-state index in [2.05, 4.69) is 4.72 Å². The lowest BCUT2D eigenvalue weighted by atomic mass is 10.2. The van der Waals surface area contributed by atoms with Gasteiger partial charge in [0.15, 0.2) is 0 Å². The van der Waals surface area contributed by atoms with Gasteiger partial charge in [-0.15, -0.1) is 0 Å². The summed E-state index contributed by atoms with van der Waals surface area (Å²) in [6.07, 6.45) is 0.545. The van der Waals surface area contributed by atoms with Crippen LogP contribution in [0.1, 0.15) is 6.42 Å². The van der Waals surface area contributed by atoms with Crippen LogP contribution in [0.3, 0.4) is 0 Å². The minimum atomic E-state index is -3.62. The van der Waals surface area contributed by atoms with E-state index in [1.807, 2.05) is 0 Å². The molecule has 23 heavy (non-hydrogen) atoms. The Morgan fingerprint density at radius 2 is 2.04 bits per heavy atom. The van der Waals surface area contributed by atoms with Crippen molar-refractivity contribution < 1.29 is 26.3 Å². The molecule has 1 heterocycles. The molecule has 0 spiro atoms. The minimum Gasteiger partial charge on any atom is -0.495 e. The van der Waals surface area contributed by atoms with Gasteiger partial charge in [0.2, 0.25) is 20.0 Å². The SMILES string of the molecule is COCCS(=O)(=O)Nc1cc(N2CCCS2(=O)=O)ccc1OC. The fourth-order valence-corrected chi connectivity index (χ4v) is 4.81. The van der Waals surface area contributed by atoms with E-state index in [9.17, 15) is 16.8 Å². The second kappa shape index (κ2) is 6.93. The molecule has 10 heteroatoms. The molecule has 0 saturated carbocycles. The Morgan fingerprint density at radius 3 is 2.61 bits per heavy atom. The zero-order valence-electron chi connectivity index (χ0n) is 13.0. The number of sulfonamides is 2. The van der Waals surface area contributed by atoms with E-state index < -0.39 is 20.0 Å². The van der Waals surface area contributed by atoms with Gasteiger partial charge in [0.05, 0.1) is 36.6 Å². The number of hydrogen-bond donors (Lipinski definition) is 1. The van der Waals surface area contributed by atoms with Crippen molar-refractivity contribution in [1.29, 1.82) is 0 Å². The fourth-order valence-electron chi connectivity index (χ4n) is 2.27. The van der Waals surface area contributed by atoms with Crippen LogP contribution >= 0.6 is 0 Å². The Kier molecular flexibility index (Phi) is 5.37. The van der Waals surface area contributed by atoms with Crippen LogP contribution in [0.4, 0.5) is 11.4 Å². The molecular formula is C13H20N2O6S2. The van der Waals surface area contributed by atoms with Crippen molar-refractivity contribution in [1.82, 2.24) is 0 Å². The van der Waals surface area contributed by atoms with Gasteiger partial charge in [-0.3, -0.25) is 9.03 Å². The van der Waals surface area contributed by atoms with Gasteiger partial charge in [-0.1, -0.05) is 0 Å². The summed E-state index contributed by atoms with van der Waals surface area (Å²) in [6, 6.07) is 4.60. The van der Waals surface area contributed by atoms with Gasteiger partial charge in [-0.25, -0.2) is 16.8 Å². The van der Waals surface area contributed by atoms with Gasteiger partial charge in [-0.05, 0) is 24.6 Å². The van der Waals surface area contributed by atoms with Crippen LogP contribution in [0.2, 0.25) is 0 Å². The van der Waals surface area contributed by atoms with Crippen LogP contribution in [0.5, 0.6) is 5.75 Å². The van der Waals surface area contributed by atoms with Gasteiger partial charge in [0.1, 0.15) is 5.75 Å². The van der Waals surface area contributed by atoms with E-state index >= 15 is 0 Å². The third kappa shape index (κ3) is 4.27. The molecule has 1 aromatic rings. The van der Waals surface area contributed by atoms with E-state index in [0.717, 1.165) is 0 Å². The maximum Gasteiger partial charge on any atom is 0.235 e. The highest BCUT2D eigenvalue weighted by Crippen LogP contribution is 2.33. The molecule has 130 valence electrons. The van der Waals surface area contributed by atoms with Gasteiger partial charge in [0.25, 0.3) is 0 Å². The van der Waals surface area contributed by atoms with Gasteiger partial charge >= 0.3 is 0 Å². The lowest BCUT2D eigenvalue weighted by molar-refractivity contribution is 0.217. The monoisotopic (exact) mass is 364 g/mol. The predicted octanol–water partition coefficient (Wildman–Crippen LogP) is 0.623. The zero-order valence-corrected chi connectivity index (χ0v) is 14.6. The molecule has 1 N–H and O–H groups in total. The molecule has 0 bridgehead atoms. The Morgan fingerprint density at radius 1 is 1.30 bits per heavy atom. The first-order chi connectivity index (χ1) is 10.8. The van der Waals surface area contributed by atoms with Gasteiger partial charge < -0.3 is 9.47 Å². The molecule has 2 rings (SSSR count). The Bertz CT molecular complexity index is 761. The smallest absolute Gasteiger partial charge is 0.235 e. The molecule has 0 atom stereocenters. The average Bonchev–Trinajstić information content (AvgIpc) is 2.84. The Labute approximate surface area is 136 Å². The molecule has 1 fully saturated rings. The molecule has 0 amide bonds.